The number of nitrogens with zero attached hydrogens (tertiary/aromatic N) is 2. The summed E-state index contributed by atoms with van der Waals surface area (Å²) in [5.41, 5.74) is 9.00. The standard InChI is InChI=1S/C30H21ClN2/c1-30(22-12-6-3-7-13-22)25-15-9-8-14-23(25)24-17-16-21(18-26(24)30)27-19-28(31)33-29(32-27)20-10-4-2-5-11-20/h2-19H,1H3. The van der Waals surface area contributed by atoms with E-state index < -0.39 is 0 Å². The monoisotopic (exact) mass is 444 g/mol. The van der Waals surface area contributed by atoms with Gasteiger partial charge in [-0.3, -0.25) is 0 Å². The number of hydrogen-bond donors (Lipinski definition) is 0. The molecule has 6 rings (SSSR count). The normalized spacial score (nSPS) is 16.3. The van der Waals surface area contributed by atoms with E-state index >= 15 is 0 Å². The van der Waals surface area contributed by atoms with Crippen LogP contribution in [0.4, 0.5) is 0 Å². The number of benzene rings is 4. The van der Waals surface area contributed by atoms with Crippen molar-refractivity contribution >= 4 is 11.6 Å². The molecule has 33 heavy (non-hydrogen) atoms. The Kier molecular flexibility index (Phi) is 4.63. The van der Waals surface area contributed by atoms with Crippen LogP contribution in [-0.4, -0.2) is 9.97 Å². The Hall–Kier alpha value is -3.75. The summed E-state index contributed by atoms with van der Waals surface area (Å²) in [5.74, 6) is 0.632. The van der Waals surface area contributed by atoms with E-state index in [-0.39, 0.29) is 5.41 Å². The lowest BCUT2D eigenvalue weighted by atomic mass is 9.74. The molecule has 0 radical (unpaired) electrons. The van der Waals surface area contributed by atoms with Crippen LogP contribution in [0.2, 0.25) is 5.15 Å². The van der Waals surface area contributed by atoms with Gasteiger partial charge < -0.3 is 0 Å². The van der Waals surface area contributed by atoms with Crippen LogP contribution in [0.1, 0.15) is 23.6 Å². The van der Waals surface area contributed by atoms with E-state index in [0.717, 1.165) is 16.8 Å². The highest BCUT2D eigenvalue weighted by Gasteiger charge is 2.40. The maximum Gasteiger partial charge on any atom is 0.161 e. The number of hydrogen-bond acceptors (Lipinski definition) is 2. The summed E-state index contributed by atoms with van der Waals surface area (Å²) in [7, 11) is 0. The van der Waals surface area contributed by atoms with E-state index in [0.29, 0.717) is 11.0 Å². The van der Waals surface area contributed by atoms with Crippen molar-refractivity contribution < 1.29 is 0 Å². The predicted molar refractivity (Wildman–Crippen MR) is 135 cm³/mol. The minimum atomic E-state index is -0.248. The van der Waals surface area contributed by atoms with E-state index in [4.69, 9.17) is 16.6 Å². The third-order valence-corrected chi connectivity index (χ3v) is 6.88. The maximum absolute atomic E-state index is 6.44. The van der Waals surface area contributed by atoms with Crippen LogP contribution < -0.4 is 0 Å². The molecule has 0 amide bonds. The molecule has 0 spiro atoms. The largest absolute Gasteiger partial charge is 0.228 e. The number of aromatic nitrogens is 2. The lowest BCUT2D eigenvalue weighted by molar-refractivity contribution is 0.714. The second-order valence-electron chi connectivity index (χ2n) is 8.56. The SMILES string of the molecule is CC1(c2ccccc2)c2ccccc2-c2ccc(-c3cc(Cl)nc(-c4ccccc4)n3)cc21. The molecule has 5 aromatic rings. The second kappa shape index (κ2) is 7.68. The minimum Gasteiger partial charge on any atom is -0.228 e. The first kappa shape index (κ1) is 19.9. The summed E-state index contributed by atoms with van der Waals surface area (Å²) < 4.78 is 0. The van der Waals surface area contributed by atoms with Crippen LogP contribution in [0, 0.1) is 0 Å². The van der Waals surface area contributed by atoms with E-state index in [1.807, 2.05) is 36.4 Å². The third-order valence-electron chi connectivity index (χ3n) is 6.69. The Morgan fingerprint density at radius 1 is 0.606 bits per heavy atom. The molecule has 1 heterocycles. The highest BCUT2D eigenvalue weighted by Crippen LogP contribution is 2.52. The van der Waals surface area contributed by atoms with Gasteiger partial charge in [-0.05, 0) is 40.8 Å². The fourth-order valence-electron chi connectivity index (χ4n) is 5.02. The number of halogens is 1. The predicted octanol–water partition coefficient (Wildman–Crippen LogP) is 7.80. The molecule has 158 valence electrons. The Balaban J connectivity index is 1.55. The zero-order chi connectivity index (χ0) is 22.4. The van der Waals surface area contributed by atoms with Crippen molar-refractivity contribution in [3.63, 3.8) is 0 Å². The first-order valence-electron chi connectivity index (χ1n) is 11.0. The summed E-state index contributed by atoms with van der Waals surface area (Å²) in [6.45, 7) is 2.32. The fourth-order valence-corrected chi connectivity index (χ4v) is 5.20. The van der Waals surface area contributed by atoms with Crippen molar-refractivity contribution in [1.82, 2.24) is 9.97 Å². The van der Waals surface area contributed by atoms with Crippen molar-refractivity contribution in [1.29, 1.82) is 0 Å². The molecule has 3 heteroatoms. The van der Waals surface area contributed by atoms with Gasteiger partial charge in [0.25, 0.3) is 0 Å². The van der Waals surface area contributed by atoms with Gasteiger partial charge in [0.15, 0.2) is 5.82 Å². The molecule has 0 fully saturated rings. The van der Waals surface area contributed by atoms with Gasteiger partial charge in [0, 0.05) is 22.6 Å². The Morgan fingerprint density at radius 3 is 2.06 bits per heavy atom. The zero-order valence-electron chi connectivity index (χ0n) is 18.2. The van der Waals surface area contributed by atoms with Gasteiger partial charge in [0.2, 0.25) is 0 Å². The van der Waals surface area contributed by atoms with Gasteiger partial charge in [-0.25, -0.2) is 9.97 Å². The van der Waals surface area contributed by atoms with Gasteiger partial charge in [0.05, 0.1) is 5.69 Å². The lowest BCUT2D eigenvalue weighted by Crippen LogP contribution is -2.22. The van der Waals surface area contributed by atoms with E-state index in [2.05, 4.69) is 84.7 Å². The molecule has 0 saturated heterocycles. The van der Waals surface area contributed by atoms with Gasteiger partial charge in [-0.15, -0.1) is 0 Å². The summed E-state index contributed by atoms with van der Waals surface area (Å²) in [4.78, 5) is 9.34. The average Bonchev–Trinajstić information content (AvgIpc) is 3.14. The van der Waals surface area contributed by atoms with E-state index in [1.165, 1.54) is 27.8 Å². The second-order valence-corrected chi connectivity index (χ2v) is 8.95. The van der Waals surface area contributed by atoms with E-state index in [9.17, 15) is 0 Å². The molecule has 2 nitrogen and oxygen atoms in total. The molecule has 1 unspecified atom stereocenters. The summed E-state index contributed by atoms with van der Waals surface area (Å²) in [6.07, 6.45) is 0. The van der Waals surface area contributed by atoms with Crippen LogP contribution in [0.3, 0.4) is 0 Å². The van der Waals surface area contributed by atoms with Gasteiger partial charge >= 0.3 is 0 Å². The highest BCUT2D eigenvalue weighted by atomic mass is 35.5. The molecule has 1 aliphatic carbocycles. The Bertz CT molecular complexity index is 1480. The van der Waals surface area contributed by atoms with Crippen molar-refractivity contribution in [2.45, 2.75) is 12.3 Å². The third kappa shape index (κ3) is 3.18. The fraction of sp³-hybridized carbons (Fsp3) is 0.0667. The van der Waals surface area contributed by atoms with Crippen LogP contribution in [0.5, 0.6) is 0 Å². The van der Waals surface area contributed by atoms with Gasteiger partial charge in [-0.2, -0.15) is 0 Å². The maximum atomic E-state index is 6.44. The Morgan fingerprint density at radius 2 is 1.27 bits per heavy atom. The molecule has 0 aliphatic heterocycles. The molecule has 1 atom stereocenters. The molecule has 0 N–H and O–H groups in total. The average molecular weight is 445 g/mol. The molecule has 0 saturated carbocycles. The number of fused-ring (bicyclic) bond motifs is 3. The van der Waals surface area contributed by atoms with Gasteiger partial charge in [-0.1, -0.05) is 109 Å². The van der Waals surface area contributed by atoms with Crippen molar-refractivity contribution in [2.24, 2.45) is 0 Å². The van der Waals surface area contributed by atoms with Crippen molar-refractivity contribution in [3.8, 4) is 33.8 Å². The molecule has 1 aliphatic rings. The topological polar surface area (TPSA) is 25.8 Å². The number of rotatable bonds is 3. The first-order valence-corrected chi connectivity index (χ1v) is 11.4. The first-order chi connectivity index (χ1) is 16.1. The van der Waals surface area contributed by atoms with Crippen molar-refractivity contribution in [3.05, 3.63) is 131 Å². The molecular weight excluding hydrogens is 424 g/mol. The lowest BCUT2D eigenvalue weighted by Gasteiger charge is -2.28. The summed E-state index contributed by atoms with van der Waals surface area (Å²) in [6, 6.07) is 37.9. The molecule has 0 bridgehead atoms. The summed E-state index contributed by atoms with van der Waals surface area (Å²) in [5, 5.41) is 0.438. The summed E-state index contributed by atoms with van der Waals surface area (Å²) >= 11 is 6.44. The van der Waals surface area contributed by atoms with E-state index in [1.54, 1.807) is 0 Å². The van der Waals surface area contributed by atoms with Crippen molar-refractivity contribution in [2.75, 3.05) is 0 Å². The quantitative estimate of drug-likeness (QED) is 0.265. The zero-order valence-corrected chi connectivity index (χ0v) is 18.9. The molecule has 4 aromatic carbocycles. The Labute approximate surface area is 198 Å². The molecule has 1 aromatic heterocycles. The van der Waals surface area contributed by atoms with Crippen LogP contribution in [0.15, 0.2) is 109 Å². The minimum absolute atomic E-state index is 0.248. The van der Waals surface area contributed by atoms with Crippen LogP contribution in [-0.2, 0) is 5.41 Å². The highest BCUT2D eigenvalue weighted by molar-refractivity contribution is 6.29. The van der Waals surface area contributed by atoms with Crippen LogP contribution >= 0.6 is 11.6 Å². The smallest absolute Gasteiger partial charge is 0.161 e. The molecular formula is C30H21ClN2. The van der Waals surface area contributed by atoms with Gasteiger partial charge in [0.1, 0.15) is 5.15 Å². The van der Waals surface area contributed by atoms with Crippen LogP contribution in [0.25, 0.3) is 33.8 Å².